The van der Waals surface area contributed by atoms with E-state index >= 15 is 0 Å². The average molecular weight is 338 g/mol. The van der Waals surface area contributed by atoms with E-state index in [1.807, 2.05) is 0 Å². The van der Waals surface area contributed by atoms with Gasteiger partial charge in [-0.15, -0.1) is 0 Å². The Morgan fingerprint density at radius 1 is 1.00 bits per heavy atom. The number of carbonyl (C=O) groups is 1. The summed E-state index contributed by atoms with van der Waals surface area (Å²) in [4.78, 5) is 12.5. The smallest absolute Gasteiger partial charge is 0.224 e. The Morgan fingerprint density at radius 3 is 2.00 bits per heavy atom. The summed E-state index contributed by atoms with van der Waals surface area (Å²) in [6.45, 7) is 0. The molecule has 1 amide bonds. The van der Waals surface area contributed by atoms with Crippen LogP contribution < -0.4 is 5.32 Å². The molecule has 4 aliphatic rings. The van der Waals surface area contributed by atoms with Crippen molar-refractivity contribution in [3.63, 3.8) is 0 Å². The van der Waals surface area contributed by atoms with Crippen LogP contribution in [0.4, 0.5) is 5.69 Å². The van der Waals surface area contributed by atoms with Crippen molar-refractivity contribution in [1.82, 2.24) is 0 Å². The Hall–Kier alpha value is -0.730. The topological polar surface area (TPSA) is 29.1 Å². The fraction of sp³-hybridized carbons (Fsp3) is 0.611. The second-order valence-electron chi connectivity index (χ2n) is 7.80. The molecule has 0 aromatic heterocycles. The third kappa shape index (κ3) is 2.88. The summed E-state index contributed by atoms with van der Waals surface area (Å²) in [5, 5.41) is 4.10. The fourth-order valence-corrected chi connectivity index (χ4v) is 6.20. The van der Waals surface area contributed by atoms with Gasteiger partial charge in [0.15, 0.2) is 0 Å². The van der Waals surface area contributed by atoms with Crippen molar-refractivity contribution in [1.29, 1.82) is 0 Å². The largest absolute Gasteiger partial charge is 0.326 e. The first-order valence-electron chi connectivity index (χ1n) is 8.26. The lowest BCUT2D eigenvalue weighted by molar-refractivity contribution is -0.124. The van der Waals surface area contributed by atoms with Crippen LogP contribution >= 0.6 is 23.2 Å². The molecule has 5 rings (SSSR count). The number of amides is 1. The molecule has 4 saturated carbocycles. The number of hydrogen-bond acceptors (Lipinski definition) is 1. The van der Waals surface area contributed by atoms with E-state index in [2.05, 4.69) is 5.32 Å². The molecule has 4 bridgehead atoms. The normalized spacial score (nSPS) is 35.6. The van der Waals surface area contributed by atoms with Gasteiger partial charge in [-0.3, -0.25) is 4.79 Å². The molecule has 4 aliphatic carbocycles. The molecule has 1 aromatic rings. The molecular formula is C18H21Cl2NO. The molecule has 22 heavy (non-hydrogen) atoms. The maximum Gasteiger partial charge on any atom is 0.224 e. The van der Waals surface area contributed by atoms with Gasteiger partial charge in [-0.05, 0) is 79.9 Å². The lowest BCUT2D eigenvalue weighted by Crippen LogP contribution is -2.47. The Morgan fingerprint density at radius 2 is 1.50 bits per heavy atom. The monoisotopic (exact) mass is 337 g/mol. The zero-order valence-corrected chi connectivity index (χ0v) is 14.1. The predicted octanol–water partition coefficient (Wildman–Crippen LogP) is 5.54. The van der Waals surface area contributed by atoms with Crippen LogP contribution in [0.2, 0.25) is 10.0 Å². The molecule has 0 atom stereocenters. The summed E-state index contributed by atoms with van der Waals surface area (Å²) in [5.41, 5.74) is 0.966. The minimum atomic E-state index is 0.111. The number of nitrogens with one attached hydrogen (secondary N) is 1. The van der Waals surface area contributed by atoms with Crippen molar-refractivity contribution < 1.29 is 4.79 Å². The van der Waals surface area contributed by atoms with Gasteiger partial charge < -0.3 is 5.32 Å². The number of benzene rings is 1. The van der Waals surface area contributed by atoms with Crippen molar-refractivity contribution >= 4 is 34.8 Å². The van der Waals surface area contributed by atoms with Gasteiger partial charge in [-0.2, -0.15) is 0 Å². The fourth-order valence-electron chi connectivity index (χ4n) is 5.68. The highest BCUT2D eigenvalue weighted by atomic mass is 35.5. The lowest BCUT2D eigenvalue weighted by Gasteiger charge is -2.56. The van der Waals surface area contributed by atoms with Gasteiger partial charge in [0.2, 0.25) is 5.91 Å². The summed E-state index contributed by atoms with van der Waals surface area (Å²) in [5.74, 6) is 2.74. The van der Waals surface area contributed by atoms with Gasteiger partial charge >= 0.3 is 0 Å². The SMILES string of the molecule is O=C(CC12CC3CC(CC(C3)C1)C2)Nc1cc(Cl)cc(Cl)c1. The molecule has 0 spiro atoms. The average Bonchev–Trinajstić information content (AvgIpc) is 2.33. The lowest BCUT2D eigenvalue weighted by atomic mass is 9.49. The molecule has 1 N–H and O–H groups in total. The first kappa shape index (κ1) is 14.8. The van der Waals surface area contributed by atoms with E-state index in [0.717, 1.165) is 17.8 Å². The molecule has 0 unspecified atom stereocenters. The second kappa shape index (κ2) is 5.42. The Balaban J connectivity index is 1.46. The van der Waals surface area contributed by atoms with E-state index in [0.29, 0.717) is 22.2 Å². The molecule has 1 aromatic carbocycles. The first-order valence-corrected chi connectivity index (χ1v) is 9.01. The Labute approximate surface area is 141 Å². The number of carbonyl (C=O) groups excluding carboxylic acids is 1. The molecule has 0 heterocycles. The third-order valence-corrected chi connectivity index (χ3v) is 6.28. The van der Waals surface area contributed by atoms with E-state index in [1.54, 1.807) is 18.2 Å². The standard InChI is InChI=1S/C18H21Cl2NO/c19-14-4-15(20)6-16(5-14)21-17(22)10-18-7-11-1-12(8-18)3-13(2-11)9-18/h4-6,11-13H,1-3,7-10H2,(H,21,22). The first-order chi connectivity index (χ1) is 10.5. The van der Waals surface area contributed by atoms with Crippen LogP contribution in [-0.4, -0.2) is 5.91 Å². The molecule has 2 nitrogen and oxygen atoms in total. The zero-order valence-electron chi connectivity index (χ0n) is 12.6. The van der Waals surface area contributed by atoms with E-state index in [9.17, 15) is 4.79 Å². The summed E-state index contributed by atoms with van der Waals surface area (Å²) in [7, 11) is 0. The van der Waals surface area contributed by atoms with Crippen molar-refractivity contribution in [3.05, 3.63) is 28.2 Å². The summed E-state index contributed by atoms with van der Waals surface area (Å²) in [6, 6.07) is 5.19. The van der Waals surface area contributed by atoms with Crippen LogP contribution in [0.3, 0.4) is 0 Å². The zero-order chi connectivity index (χ0) is 15.3. The van der Waals surface area contributed by atoms with Crippen LogP contribution in [0.1, 0.15) is 44.9 Å². The van der Waals surface area contributed by atoms with Crippen molar-refractivity contribution in [2.75, 3.05) is 5.32 Å². The van der Waals surface area contributed by atoms with Gasteiger partial charge in [-0.1, -0.05) is 23.2 Å². The third-order valence-electron chi connectivity index (χ3n) is 5.85. The van der Waals surface area contributed by atoms with Gasteiger partial charge in [0, 0.05) is 22.2 Å². The minimum Gasteiger partial charge on any atom is -0.326 e. The Bertz CT molecular complexity index is 558. The molecule has 4 fully saturated rings. The molecular weight excluding hydrogens is 317 g/mol. The quantitative estimate of drug-likeness (QED) is 0.770. The highest BCUT2D eigenvalue weighted by molar-refractivity contribution is 6.35. The number of hydrogen-bond donors (Lipinski definition) is 1. The van der Waals surface area contributed by atoms with E-state index in [4.69, 9.17) is 23.2 Å². The van der Waals surface area contributed by atoms with E-state index in [1.165, 1.54) is 38.5 Å². The minimum absolute atomic E-state index is 0.111. The number of anilines is 1. The number of rotatable bonds is 3. The summed E-state index contributed by atoms with van der Waals surface area (Å²) >= 11 is 12.0. The number of halogens is 2. The van der Waals surface area contributed by atoms with Crippen LogP contribution in [0, 0.1) is 23.2 Å². The van der Waals surface area contributed by atoms with Gasteiger partial charge in [-0.25, -0.2) is 0 Å². The molecule has 118 valence electrons. The maximum atomic E-state index is 12.5. The van der Waals surface area contributed by atoms with Crippen LogP contribution in [0.15, 0.2) is 18.2 Å². The Kier molecular flexibility index (Phi) is 3.65. The van der Waals surface area contributed by atoms with Crippen LogP contribution in [0.5, 0.6) is 0 Å². The van der Waals surface area contributed by atoms with Crippen molar-refractivity contribution in [3.8, 4) is 0 Å². The highest BCUT2D eigenvalue weighted by Crippen LogP contribution is 2.61. The molecule has 4 heteroatoms. The van der Waals surface area contributed by atoms with Crippen molar-refractivity contribution in [2.24, 2.45) is 23.2 Å². The molecule has 0 saturated heterocycles. The van der Waals surface area contributed by atoms with Gasteiger partial charge in [0.1, 0.15) is 0 Å². The summed E-state index contributed by atoms with van der Waals surface area (Å²) in [6.07, 6.45) is 8.63. The van der Waals surface area contributed by atoms with Crippen LogP contribution in [-0.2, 0) is 4.79 Å². The predicted molar refractivity (Wildman–Crippen MR) is 90.3 cm³/mol. The molecule has 0 radical (unpaired) electrons. The highest BCUT2D eigenvalue weighted by Gasteiger charge is 2.51. The van der Waals surface area contributed by atoms with Crippen molar-refractivity contribution in [2.45, 2.75) is 44.9 Å². The van der Waals surface area contributed by atoms with Gasteiger partial charge in [0.05, 0.1) is 0 Å². The van der Waals surface area contributed by atoms with E-state index < -0.39 is 0 Å². The van der Waals surface area contributed by atoms with E-state index in [-0.39, 0.29) is 11.3 Å². The maximum absolute atomic E-state index is 12.5. The van der Waals surface area contributed by atoms with Crippen LogP contribution in [0.25, 0.3) is 0 Å². The van der Waals surface area contributed by atoms with Gasteiger partial charge in [0.25, 0.3) is 0 Å². The molecule has 0 aliphatic heterocycles. The summed E-state index contributed by atoms with van der Waals surface area (Å²) < 4.78 is 0. The second-order valence-corrected chi connectivity index (χ2v) is 8.67.